The zero-order valence-electron chi connectivity index (χ0n) is 9.63. The molecule has 1 aliphatic heterocycles. The Labute approximate surface area is 106 Å². The maximum atomic E-state index is 2.47. The molecule has 1 nitrogen and oxygen atoms in total. The molecule has 1 unspecified atom stereocenters. The van der Waals surface area contributed by atoms with Crippen molar-refractivity contribution >= 4 is 28.6 Å². The summed E-state index contributed by atoms with van der Waals surface area (Å²) in [5.74, 6) is 0. The van der Waals surface area contributed by atoms with Gasteiger partial charge in [0.25, 0.3) is 0 Å². The van der Waals surface area contributed by atoms with Crippen molar-refractivity contribution in [3.63, 3.8) is 0 Å². The van der Waals surface area contributed by atoms with Gasteiger partial charge in [-0.2, -0.15) is 0 Å². The summed E-state index contributed by atoms with van der Waals surface area (Å²) in [4.78, 5) is 0. The Bertz CT molecular complexity index is 359. The van der Waals surface area contributed by atoms with Crippen LogP contribution in [0.3, 0.4) is 0 Å². The van der Waals surface area contributed by atoms with Crippen LogP contribution in [-0.4, -0.2) is 6.04 Å². The number of para-hydroxylation sites is 1. The van der Waals surface area contributed by atoms with Crippen LogP contribution < -0.4 is 3.11 Å². The summed E-state index contributed by atoms with van der Waals surface area (Å²) >= 11 is 2.47. The van der Waals surface area contributed by atoms with E-state index in [2.05, 4.69) is 71.0 Å². The maximum Gasteiger partial charge on any atom is 0.0594 e. The minimum absolute atomic E-state index is 0.286. The lowest BCUT2D eigenvalue weighted by Crippen LogP contribution is -2.36. The third kappa shape index (κ3) is 1.67. The van der Waals surface area contributed by atoms with E-state index in [1.54, 1.807) is 0 Å². The summed E-state index contributed by atoms with van der Waals surface area (Å²) in [6.07, 6.45) is 2.52. The van der Waals surface area contributed by atoms with Gasteiger partial charge in [0, 0.05) is 17.1 Å². The van der Waals surface area contributed by atoms with E-state index in [9.17, 15) is 0 Å². The molecule has 0 fully saturated rings. The summed E-state index contributed by atoms with van der Waals surface area (Å²) in [5, 5.41) is 0. The van der Waals surface area contributed by atoms with E-state index >= 15 is 0 Å². The first-order valence-corrected chi connectivity index (χ1v) is 6.60. The fourth-order valence-electron chi connectivity index (χ4n) is 2.58. The normalized spacial score (nSPS) is 22.9. The molecule has 0 spiro atoms. The molecule has 0 radical (unpaired) electrons. The smallest absolute Gasteiger partial charge is 0.0594 e. The van der Waals surface area contributed by atoms with Crippen LogP contribution in [-0.2, 0) is 5.41 Å². The predicted octanol–water partition coefficient (Wildman–Crippen LogP) is 4.30. The van der Waals surface area contributed by atoms with E-state index in [-0.39, 0.29) is 5.41 Å². The van der Waals surface area contributed by atoms with Crippen LogP contribution in [0.15, 0.2) is 24.3 Å². The lowest BCUT2D eigenvalue weighted by atomic mass is 9.79. The highest BCUT2D eigenvalue weighted by Gasteiger charge is 2.42. The van der Waals surface area contributed by atoms with Crippen LogP contribution in [0.4, 0.5) is 5.69 Å². The molecule has 0 amide bonds. The summed E-state index contributed by atoms with van der Waals surface area (Å²) in [6.45, 7) is 7.00. The van der Waals surface area contributed by atoms with Crippen LogP contribution in [0.1, 0.15) is 39.2 Å². The Balaban J connectivity index is 2.45. The van der Waals surface area contributed by atoms with Crippen molar-refractivity contribution < 1.29 is 0 Å². The second-order valence-corrected chi connectivity index (χ2v) is 5.89. The molecule has 0 aromatic heterocycles. The molecule has 1 aliphatic rings. The maximum absolute atomic E-state index is 2.47. The Morgan fingerprint density at radius 2 is 2.00 bits per heavy atom. The highest BCUT2D eigenvalue weighted by molar-refractivity contribution is 14.1. The van der Waals surface area contributed by atoms with E-state index in [1.165, 1.54) is 24.1 Å². The van der Waals surface area contributed by atoms with E-state index < -0.39 is 0 Å². The summed E-state index contributed by atoms with van der Waals surface area (Å²) in [6, 6.07) is 9.44. The highest BCUT2D eigenvalue weighted by atomic mass is 127. The fourth-order valence-corrected chi connectivity index (χ4v) is 3.98. The molecular formula is C13H18IN. The summed E-state index contributed by atoms with van der Waals surface area (Å²) in [7, 11) is 0. The second-order valence-electron chi connectivity index (χ2n) is 4.85. The molecule has 0 bridgehead atoms. The van der Waals surface area contributed by atoms with Gasteiger partial charge in [-0.05, 0) is 18.1 Å². The molecule has 2 heteroatoms. The number of halogens is 1. The van der Waals surface area contributed by atoms with Gasteiger partial charge in [0.15, 0.2) is 0 Å². The molecule has 1 aromatic carbocycles. The summed E-state index contributed by atoms with van der Waals surface area (Å²) < 4.78 is 2.43. The zero-order valence-corrected chi connectivity index (χ0v) is 11.8. The SMILES string of the molecule is CCCC1N(I)c2ccccc2C1(C)C. The van der Waals surface area contributed by atoms with Crippen molar-refractivity contribution in [3.8, 4) is 0 Å². The Morgan fingerprint density at radius 1 is 1.33 bits per heavy atom. The highest BCUT2D eigenvalue weighted by Crippen LogP contribution is 2.48. The lowest BCUT2D eigenvalue weighted by molar-refractivity contribution is 0.423. The number of nitrogens with zero attached hydrogens (tertiary/aromatic N) is 1. The molecule has 0 N–H and O–H groups in total. The number of benzene rings is 1. The monoisotopic (exact) mass is 315 g/mol. The first kappa shape index (κ1) is 11.2. The number of rotatable bonds is 2. The molecule has 0 aliphatic carbocycles. The van der Waals surface area contributed by atoms with Crippen molar-refractivity contribution in [1.82, 2.24) is 0 Å². The molecular weight excluding hydrogens is 297 g/mol. The lowest BCUT2D eigenvalue weighted by Gasteiger charge is -2.30. The van der Waals surface area contributed by atoms with E-state index in [0.717, 1.165) is 0 Å². The summed E-state index contributed by atoms with van der Waals surface area (Å²) in [5.41, 5.74) is 3.19. The Hall–Kier alpha value is -0.250. The quantitative estimate of drug-likeness (QED) is 0.581. The van der Waals surface area contributed by atoms with E-state index in [1.807, 2.05) is 0 Å². The number of fused-ring (bicyclic) bond motifs is 1. The van der Waals surface area contributed by atoms with Gasteiger partial charge in [0.2, 0.25) is 0 Å². The molecule has 0 saturated heterocycles. The zero-order chi connectivity index (χ0) is 11.1. The van der Waals surface area contributed by atoms with Gasteiger partial charge in [-0.1, -0.05) is 45.4 Å². The van der Waals surface area contributed by atoms with Gasteiger partial charge in [-0.3, -0.25) is 0 Å². The van der Waals surface area contributed by atoms with Crippen molar-refractivity contribution in [2.75, 3.05) is 3.11 Å². The molecule has 2 rings (SSSR count). The fraction of sp³-hybridized carbons (Fsp3) is 0.538. The van der Waals surface area contributed by atoms with Crippen LogP contribution in [0.2, 0.25) is 0 Å². The molecule has 82 valence electrons. The molecule has 1 heterocycles. The largest absolute Gasteiger partial charge is 0.311 e. The van der Waals surface area contributed by atoms with Crippen LogP contribution in [0.5, 0.6) is 0 Å². The van der Waals surface area contributed by atoms with Gasteiger partial charge in [-0.25, -0.2) is 0 Å². The second kappa shape index (κ2) is 3.96. The number of anilines is 1. The number of hydrogen-bond donors (Lipinski definition) is 0. The van der Waals surface area contributed by atoms with E-state index in [0.29, 0.717) is 6.04 Å². The Morgan fingerprint density at radius 3 is 2.60 bits per heavy atom. The topological polar surface area (TPSA) is 3.24 Å². The Kier molecular flexibility index (Phi) is 2.97. The standard InChI is InChI=1S/C13H18IN/c1-4-7-12-13(2,3)10-8-5-6-9-11(10)15(12)14/h5-6,8-9,12H,4,7H2,1-3H3. The van der Waals surface area contributed by atoms with Crippen LogP contribution >= 0.6 is 22.9 Å². The van der Waals surface area contributed by atoms with Gasteiger partial charge in [-0.15, -0.1) is 0 Å². The predicted molar refractivity (Wildman–Crippen MR) is 74.7 cm³/mol. The third-order valence-corrected chi connectivity index (χ3v) is 4.69. The average molecular weight is 315 g/mol. The molecule has 15 heavy (non-hydrogen) atoms. The minimum Gasteiger partial charge on any atom is -0.311 e. The third-order valence-electron chi connectivity index (χ3n) is 3.50. The van der Waals surface area contributed by atoms with Crippen molar-refractivity contribution in [3.05, 3.63) is 29.8 Å². The van der Waals surface area contributed by atoms with Crippen molar-refractivity contribution in [2.24, 2.45) is 0 Å². The van der Waals surface area contributed by atoms with Gasteiger partial charge < -0.3 is 3.11 Å². The van der Waals surface area contributed by atoms with Crippen LogP contribution in [0, 0.1) is 0 Å². The van der Waals surface area contributed by atoms with Crippen LogP contribution in [0.25, 0.3) is 0 Å². The minimum atomic E-state index is 0.286. The molecule has 1 atom stereocenters. The average Bonchev–Trinajstić information content (AvgIpc) is 2.41. The van der Waals surface area contributed by atoms with Gasteiger partial charge >= 0.3 is 0 Å². The van der Waals surface area contributed by atoms with Crippen molar-refractivity contribution in [2.45, 2.75) is 45.1 Å². The molecule has 0 saturated carbocycles. The van der Waals surface area contributed by atoms with E-state index in [4.69, 9.17) is 0 Å². The van der Waals surface area contributed by atoms with Crippen molar-refractivity contribution in [1.29, 1.82) is 0 Å². The molecule has 1 aromatic rings. The van der Waals surface area contributed by atoms with Gasteiger partial charge in [0.05, 0.1) is 22.9 Å². The first-order chi connectivity index (χ1) is 7.09. The van der Waals surface area contributed by atoms with Gasteiger partial charge in [0.1, 0.15) is 0 Å². The first-order valence-electron chi connectivity index (χ1n) is 5.63. The number of hydrogen-bond acceptors (Lipinski definition) is 1.